The molecule has 15 rings (SSSR count). The molecule has 0 radical (unpaired) electrons. The van der Waals surface area contributed by atoms with Gasteiger partial charge in [0.2, 0.25) is 0 Å². The molecule has 0 bridgehead atoms. The Labute approximate surface area is 419 Å². The molecule has 0 saturated heterocycles. The molecule has 0 atom stereocenters. The highest BCUT2D eigenvalue weighted by molar-refractivity contribution is 7.25. The van der Waals surface area contributed by atoms with Crippen molar-refractivity contribution in [2.24, 2.45) is 0 Å². The number of benzene rings is 10. The molecule has 0 aliphatic heterocycles. The van der Waals surface area contributed by atoms with Gasteiger partial charge in [-0.15, -0.1) is 11.3 Å². The van der Waals surface area contributed by atoms with E-state index in [9.17, 15) is 0 Å². The molecule has 0 amide bonds. The molecular weight excluding hydrogens is 895 g/mol. The number of rotatable bonds is 6. The van der Waals surface area contributed by atoms with Crippen molar-refractivity contribution < 1.29 is 0 Å². The minimum atomic E-state index is -0.176. The van der Waals surface area contributed by atoms with Crippen LogP contribution in [0.4, 0.5) is 0 Å². The lowest BCUT2D eigenvalue weighted by molar-refractivity contribution is 0.660. The van der Waals surface area contributed by atoms with E-state index in [0.29, 0.717) is 17.5 Å². The van der Waals surface area contributed by atoms with Crippen molar-refractivity contribution in [2.45, 2.75) is 19.3 Å². The summed E-state index contributed by atoms with van der Waals surface area (Å²) in [6.07, 6.45) is 0. The number of para-hydroxylation sites is 3. The van der Waals surface area contributed by atoms with Crippen LogP contribution in [-0.2, 0) is 5.41 Å². The Balaban J connectivity index is 0.965. The van der Waals surface area contributed by atoms with Crippen molar-refractivity contribution in [3.8, 4) is 67.8 Å². The fraction of sp³-hybridized carbons (Fsp3) is 0.0455. The third-order valence-corrected chi connectivity index (χ3v) is 16.3. The van der Waals surface area contributed by atoms with Gasteiger partial charge in [0.25, 0.3) is 0 Å². The lowest BCUT2D eigenvalue weighted by Crippen LogP contribution is -2.15. The lowest BCUT2D eigenvalue weighted by atomic mass is 9.82. The normalized spacial score (nSPS) is 13.0. The van der Waals surface area contributed by atoms with E-state index < -0.39 is 0 Å². The molecule has 0 fully saturated rings. The Hall–Kier alpha value is -8.97. The van der Waals surface area contributed by atoms with E-state index in [2.05, 4.69) is 241 Å². The number of thiophene rings is 1. The second kappa shape index (κ2) is 15.5. The van der Waals surface area contributed by atoms with Crippen molar-refractivity contribution in [1.82, 2.24) is 24.1 Å². The van der Waals surface area contributed by atoms with Crippen LogP contribution in [-0.4, -0.2) is 24.1 Å². The van der Waals surface area contributed by atoms with Crippen LogP contribution >= 0.6 is 11.3 Å². The first-order chi connectivity index (χ1) is 35.5. The first-order valence-corrected chi connectivity index (χ1v) is 25.4. The summed E-state index contributed by atoms with van der Waals surface area (Å²) < 4.78 is 7.30. The molecule has 14 aromatic rings. The summed E-state index contributed by atoms with van der Waals surface area (Å²) in [7, 11) is 0. The molecule has 338 valence electrons. The zero-order valence-corrected chi connectivity index (χ0v) is 40.3. The second-order valence-corrected chi connectivity index (χ2v) is 20.6. The maximum absolute atomic E-state index is 5.51. The molecule has 6 heteroatoms. The molecule has 5 nitrogen and oxygen atoms in total. The maximum atomic E-state index is 5.51. The number of hydrogen-bond donors (Lipinski definition) is 0. The summed E-state index contributed by atoms with van der Waals surface area (Å²) in [5.74, 6) is 1.90. The molecule has 4 heterocycles. The number of hydrogen-bond acceptors (Lipinski definition) is 4. The van der Waals surface area contributed by atoms with E-state index in [0.717, 1.165) is 39.1 Å². The zero-order chi connectivity index (χ0) is 47.7. The predicted molar refractivity (Wildman–Crippen MR) is 301 cm³/mol. The summed E-state index contributed by atoms with van der Waals surface area (Å²) in [6, 6.07) is 81.3. The average molecular weight is 938 g/mol. The van der Waals surface area contributed by atoms with E-state index in [4.69, 9.17) is 15.0 Å². The third-order valence-electron chi connectivity index (χ3n) is 15.2. The van der Waals surface area contributed by atoms with Crippen molar-refractivity contribution in [3.05, 3.63) is 236 Å². The van der Waals surface area contributed by atoms with Crippen molar-refractivity contribution in [1.29, 1.82) is 0 Å². The van der Waals surface area contributed by atoms with Crippen LogP contribution in [0.25, 0.3) is 132 Å². The first kappa shape index (κ1) is 40.9. The number of aromatic nitrogens is 5. The lowest BCUT2D eigenvalue weighted by Gasteiger charge is -2.22. The van der Waals surface area contributed by atoms with Gasteiger partial charge in [0, 0.05) is 69.5 Å². The van der Waals surface area contributed by atoms with E-state index >= 15 is 0 Å². The predicted octanol–water partition coefficient (Wildman–Crippen LogP) is 17.4. The molecule has 0 N–H and O–H groups in total. The van der Waals surface area contributed by atoms with Crippen LogP contribution in [0.1, 0.15) is 25.0 Å². The van der Waals surface area contributed by atoms with Gasteiger partial charge in [0.15, 0.2) is 17.5 Å². The average Bonchev–Trinajstić information content (AvgIpc) is 4.15. The molecule has 0 saturated carbocycles. The highest BCUT2D eigenvalue weighted by Crippen LogP contribution is 2.50. The Morgan fingerprint density at radius 1 is 0.347 bits per heavy atom. The molecule has 0 spiro atoms. The molecule has 1 aliphatic carbocycles. The van der Waals surface area contributed by atoms with Gasteiger partial charge in [0.1, 0.15) is 0 Å². The zero-order valence-electron chi connectivity index (χ0n) is 39.5. The topological polar surface area (TPSA) is 48.5 Å². The summed E-state index contributed by atoms with van der Waals surface area (Å²) >= 11 is 1.83. The van der Waals surface area contributed by atoms with Crippen molar-refractivity contribution in [3.63, 3.8) is 0 Å². The largest absolute Gasteiger partial charge is 0.309 e. The summed E-state index contributed by atoms with van der Waals surface area (Å²) in [5.41, 5.74) is 17.0. The van der Waals surface area contributed by atoms with Gasteiger partial charge in [-0.1, -0.05) is 166 Å². The van der Waals surface area contributed by atoms with Crippen LogP contribution in [0.15, 0.2) is 224 Å². The van der Waals surface area contributed by atoms with Gasteiger partial charge in [-0.05, 0) is 106 Å². The van der Waals surface area contributed by atoms with Gasteiger partial charge in [-0.25, -0.2) is 15.0 Å². The number of nitrogens with zero attached hydrogens (tertiary/aromatic N) is 5. The molecular formula is C66H43N5S. The van der Waals surface area contributed by atoms with Crippen molar-refractivity contribution >= 4 is 75.1 Å². The number of fused-ring (bicyclic) bond motifs is 12. The Kier molecular flexibility index (Phi) is 8.81. The first-order valence-electron chi connectivity index (χ1n) is 24.6. The Bertz CT molecular complexity index is 4540. The summed E-state index contributed by atoms with van der Waals surface area (Å²) in [6.45, 7) is 4.64. The molecule has 4 aromatic heterocycles. The van der Waals surface area contributed by atoms with Crippen LogP contribution in [0.2, 0.25) is 0 Å². The van der Waals surface area contributed by atoms with E-state index in [1.807, 2.05) is 17.4 Å². The molecule has 10 aromatic carbocycles. The Morgan fingerprint density at radius 2 is 0.875 bits per heavy atom. The standard InChI is InChI=1S/C66H43N5S/c1-66(2)53-25-13-9-21-45(53)46-32-29-43(39-54(46)66)64-67-63(40-17-5-3-6-18-40)68-65(69-64)50-33-36-60-61(49-24-12-16-28-59(49)72-60)62(50)71-56-27-15-11-23-48(56)52-38-42(31-35-58(52)71)41-30-34-57-51(37-41)47-22-10-14-26-55(47)70(57)44-19-7-4-8-20-44/h3-39H,1-2H3. The van der Waals surface area contributed by atoms with Crippen LogP contribution < -0.4 is 0 Å². The molecule has 0 unspecified atom stereocenters. The van der Waals surface area contributed by atoms with Gasteiger partial charge in [-0.3, -0.25) is 0 Å². The van der Waals surface area contributed by atoms with Crippen LogP contribution in [0, 0.1) is 0 Å². The van der Waals surface area contributed by atoms with Crippen LogP contribution in [0.5, 0.6) is 0 Å². The monoisotopic (exact) mass is 937 g/mol. The fourth-order valence-electron chi connectivity index (χ4n) is 11.8. The minimum Gasteiger partial charge on any atom is -0.309 e. The van der Waals surface area contributed by atoms with E-state index in [-0.39, 0.29) is 5.41 Å². The quantitative estimate of drug-likeness (QED) is 0.167. The highest BCUT2D eigenvalue weighted by atomic mass is 32.1. The van der Waals surface area contributed by atoms with Gasteiger partial charge in [0.05, 0.1) is 27.8 Å². The van der Waals surface area contributed by atoms with Gasteiger partial charge in [-0.2, -0.15) is 0 Å². The van der Waals surface area contributed by atoms with Gasteiger partial charge >= 0.3 is 0 Å². The summed E-state index contributed by atoms with van der Waals surface area (Å²) in [5, 5.41) is 7.22. The minimum absolute atomic E-state index is 0.176. The maximum Gasteiger partial charge on any atom is 0.166 e. The molecule has 1 aliphatic rings. The van der Waals surface area contributed by atoms with E-state index in [1.54, 1.807) is 0 Å². The van der Waals surface area contributed by atoms with E-state index in [1.165, 1.54) is 86.1 Å². The molecule has 72 heavy (non-hydrogen) atoms. The summed E-state index contributed by atoms with van der Waals surface area (Å²) in [4.78, 5) is 16.2. The second-order valence-electron chi connectivity index (χ2n) is 19.5. The van der Waals surface area contributed by atoms with Crippen LogP contribution in [0.3, 0.4) is 0 Å². The smallest absolute Gasteiger partial charge is 0.166 e. The van der Waals surface area contributed by atoms with Gasteiger partial charge < -0.3 is 9.13 Å². The Morgan fingerprint density at radius 3 is 1.61 bits per heavy atom. The van der Waals surface area contributed by atoms with Crippen molar-refractivity contribution in [2.75, 3.05) is 0 Å². The third kappa shape index (κ3) is 6.03. The highest BCUT2D eigenvalue weighted by Gasteiger charge is 2.35. The fourth-order valence-corrected chi connectivity index (χ4v) is 12.9. The SMILES string of the molecule is CC1(C)c2ccccc2-c2ccc(-c3nc(-c4ccccc4)nc(-c4ccc5sc6ccccc6c5c4-n4c5ccccc5c5cc(-c6ccc7c(c6)c6ccccc6n7-c6ccccc6)ccc54)n3)cc21.